The molecule has 1 fully saturated rings. The van der Waals surface area contributed by atoms with Gasteiger partial charge in [-0.1, -0.05) is 25.1 Å². The Morgan fingerprint density at radius 1 is 1.33 bits per heavy atom. The molecular formula is C20H26N2O2. The molecule has 128 valence electrons. The molecule has 0 saturated carbocycles. The number of fused-ring (bicyclic) bond motifs is 5. The summed E-state index contributed by atoms with van der Waals surface area (Å²) in [6.45, 7) is 3.28. The summed E-state index contributed by atoms with van der Waals surface area (Å²) in [5.41, 5.74) is 3.89. The number of nitrogens with one attached hydrogen (secondary N) is 1. The molecule has 1 aromatic carbocycles. The summed E-state index contributed by atoms with van der Waals surface area (Å²) >= 11 is 0. The Bertz CT molecular complexity index is 766. The molecule has 2 aliphatic rings. The highest BCUT2D eigenvalue weighted by molar-refractivity contribution is 5.86. The van der Waals surface area contributed by atoms with Gasteiger partial charge in [-0.25, -0.2) is 0 Å². The Labute approximate surface area is 142 Å². The number of benzene rings is 1. The van der Waals surface area contributed by atoms with Crippen molar-refractivity contribution in [3.05, 3.63) is 35.5 Å². The monoisotopic (exact) mass is 326 g/mol. The van der Waals surface area contributed by atoms with Gasteiger partial charge in [0.05, 0.1) is 6.04 Å². The summed E-state index contributed by atoms with van der Waals surface area (Å²) in [5.74, 6) is 0.289. The number of amides is 1. The Hall–Kier alpha value is -1.81. The van der Waals surface area contributed by atoms with E-state index < -0.39 is 0 Å². The van der Waals surface area contributed by atoms with Gasteiger partial charge >= 0.3 is 0 Å². The zero-order chi connectivity index (χ0) is 16.7. The number of carbonyl (C=O) groups excluding carboxylic acids is 1. The number of H-pyrrole nitrogens is 1. The van der Waals surface area contributed by atoms with Crippen LogP contribution in [-0.4, -0.2) is 34.0 Å². The number of para-hydroxylation sites is 1. The Morgan fingerprint density at radius 2 is 2.17 bits per heavy atom. The van der Waals surface area contributed by atoms with Gasteiger partial charge in [-0.2, -0.15) is 0 Å². The third kappa shape index (κ3) is 2.20. The molecule has 1 amide bonds. The molecule has 4 rings (SSSR count). The van der Waals surface area contributed by atoms with E-state index in [1.165, 1.54) is 22.2 Å². The molecule has 1 saturated heterocycles. The predicted octanol–water partition coefficient (Wildman–Crippen LogP) is 3.56. The maximum absolute atomic E-state index is 12.6. The van der Waals surface area contributed by atoms with E-state index >= 15 is 0 Å². The number of nitrogens with zero attached hydrogens (tertiary/aromatic N) is 1. The minimum Gasteiger partial charge on any atom is -0.396 e. The fourth-order valence-electron chi connectivity index (χ4n) is 5.02. The normalized spacial score (nSPS) is 26.5. The van der Waals surface area contributed by atoms with Crippen LogP contribution >= 0.6 is 0 Å². The summed E-state index contributed by atoms with van der Waals surface area (Å²) in [6.07, 6.45) is 5.33. The molecule has 4 nitrogen and oxygen atoms in total. The zero-order valence-electron chi connectivity index (χ0n) is 14.3. The maximum Gasteiger partial charge on any atom is 0.223 e. The summed E-state index contributed by atoms with van der Waals surface area (Å²) in [5, 5.41) is 10.7. The van der Waals surface area contributed by atoms with E-state index in [2.05, 4.69) is 41.1 Å². The summed E-state index contributed by atoms with van der Waals surface area (Å²) in [4.78, 5) is 18.4. The average Bonchev–Trinajstić information content (AvgIpc) is 3.00. The van der Waals surface area contributed by atoms with Crippen molar-refractivity contribution >= 4 is 16.8 Å². The summed E-state index contributed by atoms with van der Waals surface area (Å²) < 4.78 is 0. The molecule has 0 aliphatic carbocycles. The van der Waals surface area contributed by atoms with Crippen LogP contribution in [0.25, 0.3) is 10.9 Å². The molecule has 4 heteroatoms. The maximum atomic E-state index is 12.6. The van der Waals surface area contributed by atoms with Crippen molar-refractivity contribution in [2.75, 3.05) is 13.2 Å². The van der Waals surface area contributed by atoms with E-state index in [1.54, 1.807) is 0 Å². The van der Waals surface area contributed by atoms with E-state index in [9.17, 15) is 9.90 Å². The number of carbonyl (C=O) groups is 1. The third-order valence-electron chi connectivity index (χ3n) is 6.31. The highest BCUT2D eigenvalue weighted by atomic mass is 16.3. The average molecular weight is 326 g/mol. The quantitative estimate of drug-likeness (QED) is 0.902. The fourth-order valence-corrected chi connectivity index (χ4v) is 5.02. The first-order valence-electron chi connectivity index (χ1n) is 9.20. The van der Waals surface area contributed by atoms with Gasteiger partial charge in [0.25, 0.3) is 0 Å². The Kier molecular flexibility index (Phi) is 3.87. The van der Waals surface area contributed by atoms with Gasteiger partial charge in [-0.15, -0.1) is 0 Å². The van der Waals surface area contributed by atoms with Crippen LogP contribution in [0.5, 0.6) is 0 Å². The van der Waals surface area contributed by atoms with E-state index in [0.29, 0.717) is 6.42 Å². The minimum atomic E-state index is 0.0761. The van der Waals surface area contributed by atoms with E-state index in [0.717, 1.165) is 38.6 Å². The van der Waals surface area contributed by atoms with Crippen LogP contribution in [0.3, 0.4) is 0 Å². The highest BCUT2D eigenvalue weighted by Crippen LogP contribution is 2.54. The van der Waals surface area contributed by atoms with Gasteiger partial charge in [0.15, 0.2) is 0 Å². The lowest BCUT2D eigenvalue weighted by molar-refractivity contribution is -0.145. The second kappa shape index (κ2) is 5.92. The van der Waals surface area contributed by atoms with Crippen molar-refractivity contribution in [1.82, 2.24) is 9.88 Å². The highest BCUT2D eigenvalue weighted by Gasteiger charge is 2.49. The summed E-state index contributed by atoms with van der Waals surface area (Å²) in [6, 6.07) is 8.60. The van der Waals surface area contributed by atoms with Crippen molar-refractivity contribution in [3.63, 3.8) is 0 Å². The molecule has 1 aromatic heterocycles. The third-order valence-corrected chi connectivity index (χ3v) is 6.31. The van der Waals surface area contributed by atoms with Crippen LogP contribution in [0.15, 0.2) is 24.3 Å². The molecule has 0 radical (unpaired) electrons. The Balaban J connectivity index is 1.86. The van der Waals surface area contributed by atoms with Crippen LogP contribution in [0, 0.1) is 5.41 Å². The largest absolute Gasteiger partial charge is 0.396 e. The number of aliphatic hydroxyl groups is 1. The summed E-state index contributed by atoms with van der Waals surface area (Å²) in [7, 11) is 0. The molecule has 2 aromatic rings. The topological polar surface area (TPSA) is 56.3 Å². The van der Waals surface area contributed by atoms with Gasteiger partial charge in [-0.3, -0.25) is 4.79 Å². The predicted molar refractivity (Wildman–Crippen MR) is 94.7 cm³/mol. The van der Waals surface area contributed by atoms with Crippen LogP contribution in [0.1, 0.15) is 56.3 Å². The molecule has 2 aliphatic heterocycles. The van der Waals surface area contributed by atoms with Crippen LogP contribution in [0.4, 0.5) is 0 Å². The molecule has 24 heavy (non-hydrogen) atoms. The standard InChI is InChI=1S/C20H26N2O2/c1-2-20(10-5-13-23)11-8-17(24)22-12-9-15-14-6-3-4-7-16(14)21-18(15)19(20)22/h3-4,6-7,19,21,23H,2,5,8-13H2,1H3/t19?,20-/m1/s1. The zero-order valence-corrected chi connectivity index (χ0v) is 14.3. The van der Waals surface area contributed by atoms with Crippen molar-refractivity contribution in [1.29, 1.82) is 0 Å². The van der Waals surface area contributed by atoms with Gasteiger partial charge < -0.3 is 15.0 Å². The van der Waals surface area contributed by atoms with E-state index in [4.69, 9.17) is 0 Å². The number of aromatic amines is 1. The number of piperidine rings is 1. The Morgan fingerprint density at radius 3 is 2.96 bits per heavy atom. The van der Waals surface area contributed by atoms with Gasteiger partial charge in [0.2, 0.25) is 5.91 Å². The van der Waals surface area contributed by atoms with Crippen molar-refractivity contribution in [3.8, 4) is 0 Å². The number of rotatable bonds is 4. The SMILES string of the molecule is CC[C@@]1(CCCO)CCC(=O)N2CCc3c([nH]c4ccccc34)C21. The van der Waals surface area contributed by atoms with Crippen molar-refractivity contribution in [2.24, 2.45) is 5.41 Å². The molecule has 0 bridgehead atoms. The van der Waals surface area contributed by atoms with Crippen LogP contribution in [0.2, 0.25) is 0 Å². The molecule has 2 atom stereocenters. The molecule has 3 heterocycles. The first-order valence-corrected chi connectivity index (χ1v) is 9.20. The second-order valence-corrected chi connectivity index (χ2v) is 7.35. The first kappa shape index (κ1) is 15.7. The lowest BCUT2D eigenvalue weighted by Gasteiger charge is -2.52. The van der Waals surface area contributed by atoms with Crippen LogP contribution in [-0.2, 0) is 11.2 Å². The van der Waals surface area contributed by atoms with E-state index in [-0.39, 0.29) is 24.0 Å². The molecule has 0 spiro atoms. The van der Waals surface area contributed by atoms with Gasteiger partial charge in [0.1, 0.15) is 0 Å². The minimum absolute atomic E-state index is 0.0761. The first-order chi connectivity index (χ1) is 11.7. The van der Waals surface area contributed by atoms with Gasteiger partial charge in [0, 0.05) is 36.2 Å². The molecular weight excluding hydrogens is 300 g/mol. The second-order valence-electron chi connectivity index (χ2n) is 7.35. The van der Waals surface area contributed by atoms with Gasteiger partial charge in [-0.05, 0) is 49.1 Å². The lowest BCUT2D eigenvalue weighted by Crippen LogP contribution is -2.52. The van der Waals surface area contributed by atoms with Crippen molar-refractivity contribution < 1.29 is 9.90 Å². The smallest absolute Gasteiger partial charge is 0.223 e. The van der Waals surface area contributed by atoms with Crippen molar-refractivity contribution in [2.45, 2.75) is 51.5 Å². The molecule has 1 unspecified atom stereocenters. The van der Waals surface area contributed by atoms with E-state index in [1.807, 2.05) is 0 Å². The number of aliphatic hydroxyl groups excluding tert-OH is 1. The number of hydrogen-bond acceptors (Lipinski definition) is 2. The fraction of sp³-hybridized carbons (Fsp3) is 0.550. The number of aromatic nitrogens is 1. The van der Waals surface area contributed by atoms with Crippen LogP contribution < -0.4 is 0 Å². The molecule has 2 N–H and O–H groups in total. The number of hydrogen-bond donors (Lipinski definition) is 2. The lowest BCUT2D eigenvalue weighted by atomic mass is 9.65.